The van der Waals surface area contributed by atoms with Gasteiger partial charge in [0.25, 0.3) is 0 Å². The summed E-state index contributed by atoms with van der Waals surface area (Å²) in [6.07, 6.45) is 5.08. The van der Waals surface area contributed by atoms with Gasteiger partial charge in [-0.1, -0.05) is 36.8 Å². The predicted molar refractivity (Wildman–Crippen MR) is 77.7 cm³/mol. The van der Waals surface area contributed by atoms with Crippen LogP contribution in [0.25, 0.3) is 0 Å². The van der Waals surface area contributed by atoms with E-state index in [-0.39, 0.29) is 5.91 Å². The Bertz CT molecular complexity index is 391. The lowest BCUT2D eigenvalue weighted by Crippen LogP contribution is -2.32. The van der Waals surface area contributed by atoms with Crippen molar-refractivity contribution in [1.29, 1.82) is 0 Å². The first-order valence-corrected chi connectivity index (χ1v) is 7.30. The molecule has 1 fully saturated rings. The Kier molecular flexibility index (Phi) is 5.40. The topological polar surface area (TPSA) is 55.1 Å². The van der Waals surface area contributed by atoms with Crippen molar-refractivity contribution in [2.45, 2.75) is 32.1 Å². The van der Waals surface area contributed by atoms with Crippen LogP contribution in [0.1, 0.15) is 31.2 Å². The summed E-state index contributed by atoms with van der Waals surface area (Å²) in [5.41, 5.74) is 6.97. The van der Waals surface area contributed by atoms with Gasteiger partial charge < -0.3 is 11.1 Å². The molecule has 2 atom stereocenters. The second kappa shape index (κ2) is 7.29. The van der Waals surface area contributed by atoms with Crippen molar-refractivity contribution in [2.75, 3.05) is 13.1 Å². The minimum Gasteiger partial charge on any atom is -0.356 e. The van der Waals surface area contributed by atoms with Gasteiger partial charge in [0.05, 0.1) is 0 Å². The zero-order valence-electron chi connectivity index (χ0n) is 11.5. The van der Waals surface area contributed by atoms with Crippen molar-refractivity contribution in [3.63, 3.8) is 0 Å². The Labute approximate surface area is 115 Å². The molecule has 104 valence electrons. The minimum atomic E-state index is 0.159. The summed E-state index contributed by atoms with van der Waals surface area (Å²) in [6.45, 7) is 1.56. The van der Waals surface area contributed by atoms with Gasteiger partial charge in [-0.3, -0.25) is 4.79 Å². The van der Waals surface area contributed by atoms with Crippen molar-refractivity contribution in [3.8, 4) is 0 Å². The fourth-order valence-corrected chi connectivity index (χ4v) is 2.93. The molecule has 19 heavy (non-hydrogen) atoms. The van der Waals surface area contributed by atoms with Crippen LogP contribution in [-0.4, -0.2) is 19.0 Å². The molecule has 1 aliphatic carbocycles. The van der Waals surface area contributed by atoms with Gasteiger partial charge in [-0.15, -0.1) is 0 Å². The van der Waals surface area contributed by atoms with Crippen molar-refractivity contribution < 1.29 is 4.79 Å². The predicted octanol–water partition coefficient (Wildman–Crippen LogP) is 2.11. The molecule has 0 aromatic heterocycles. The number of hydrogen-bond donors (Lipinski definition) is 2. The molecule has 0 spiro atoms. The van der Waals surface area contributed by atoms with Gasteiger partial charge in [0.1, 0.15) is 0 Å². The lowest BCUT2D eigenvalue weighted by atomic mass is 9.96. The number of aryl methyl sites for hydroxylation is 1. The zero-order chi connectivity index (χ0) is 13.5. The number of hydrogen-bond acceptors (Lipinski definition) is 2. The van der Waals surface area contributed by atoms with Gasteiger partial charge in [0.15, 0.2) is 0 Å². The SMILES string of the molecule is NCC1CCCC1CNC(=O)CCc1ccccc1. The molecule has 3 nitrogen and oxygen atoms in total. The van der Waals surface area contributed by atoms with Crippen LogP contribution in [-0.2, 0) is 11.2 Å². The highest BCUT2D eigenvalue weighted by molar-refractivity contribution is 5.76. The molecule has 3 N–H and O–H groups in total. The van der Waals surface area contributed by atoms with Crippen LogP contribution in [0.5, 0.6) is 0 Å². The Morgan fingerprint density at radius 1 is 1.21 bits per heavy atom. The van der Waals surface area contributed by atoms with E-state index in [0.717, 1.165) is 19.5 Å². The standard InChI is InChI=1S/C16H24N2O/c17-11-14-7-4-8-15(14)12-18-16(19)10-9-13-5-2-1-3-6-13/h1-3,5-6,14-15H,4,7-12,17H2,(H,18,19). The lowest BCUT2D eigenvalue weighted by Gasteiger charge is -2.18. The minimum absolute atomic E-state index is 0.159. The Morgan fingerprint density at radius 2 is 1.95 bits per heavy atom. The summed E-state index contributed by atoms with van der Waals surface area (Å²) in [4.78, 5) is 11.8. The summed E-state index contributed by atoms with van der Waals surface area (Å²) >= 11 is 0. The Hall–Kier alpha value is -1.35. The maximum Gasteiger partial charge on any atom is 0.220 e. The Balaban J connectivity index is 1.67. The van der Waals surface area contributed by atoms with Gasteiger partial charge in [0, 0.05) is 13.0 Å². The number of carbonyl (C=O) groups excluding carboxylic acids is 1. The van der Waals surface area contributed by atoms with E-state index >= 15 is 0 Å². The second-order valence-electron chi connectivity index (χ2n) is 5.48. The van der Waals surface area contributed by atoms with Crippen LogP contribution in [0.2, 0.25) is 0 Å². The molecular formula is C16H24N2O. The van der Waals surface area contributed by atoms with Crippen molar-refractivity contribution in [3.05, 3.63) is 35.9 Å². The fraction of sp³-hybridized carbons (Fsp3) is 0.562. The summed E-state index contributed by atoms with van der Waals surface area (Å²) in [6, 6.07) is 10.1. The largest absolute Gasteiger partial charge is 0.356 e. The van der Waals surface area contributed by atoms with E-state index in [2.05, 4.69) is 17.4 Å². The van der Waals surface area contributed by atoms with Crippen LogP contribution < -0.4 is 11.1 Å². The quantitative estimate of drug-likeness (QED) is 0.823. The van der Waals surface area contributed by atoms with E-state index in [1.54, 1.807) is 0 Å². The molecule has 2 unspecified atom stereocenters. The number of carbonyl (C=O) groups is 1. The second-order valence-corrected chi connectivity index (χ2v) is 5.48. The van der Waals surface area contributed by atoms with Crippen LogP contribution in [0, 0.1) is 11.8 Å². The van der Waals surface area contributed by atoms with Gasteiger partial charge in [-0.05, 0) is 43.2 Å². The molecule has 2 rings (SSSR count). The van der Waals surface area contributed by atoms with Crippen molar-refractivity contribution in [2.24, 2.45) is 17.6 Å². The number of nitrogens with one attached hydrogen (secondary N) is 1. The Morgan fingerprint density at radius 3 is 2.68 bits per heavy atom. The molecular weight excluding hydrogens is 236 g/mol. The van der Waals surface area contributed by atoms with Gasteiger partial charge >= 0.3 is 0 Å². The first-order chi connectivity index (χ1) is 9.29. The molecule has 0 heterocycles. The van der Waals surface area contributed by atoms with Gasteiger partial charge in [-0.25, -0.2) is 0 Å². The van der Waals surface area contributed by atoms with E-state index in [1.807, 2.05) is 18.2 Å². The number of benzene rings is 1. The fourth-order valence-electron chi connectivity index (χ4n) is 2.93. The molecule has 1 aromatic rings. The maximum atomic E-state index is 11.8. The van der Waals surface area contributed by atoms with Crippen molar-refractivity contribution in [1.82, 2.24) is 5.32 Å². The summed E-state index contributed by atoms with van der Waals surface area (Å²) in [7, 11) is 0. The average Bonchev–Trinajstić information content (AvgIpc) is 2.91. The molecule has 1 saturated carbocycles. The smallest absolute Gasteiger partial charge is 0.220 e. The molecule has 0 saturated heterocycles. The lowest BCUT2D eigenvalue weighted by molar-refractivity contribution is -0.121. The van der Waals surface area contributed by atoms with Gasteiger partial charge in [0.2, 0.25) is 5.91 Å². The zero-order valence-corrected chi connectivity index (χ0v) is 11.5. The highest BCUT2D eigenvalue weighted by atomic mass is 16.1. The maximum absolute atomic E-state index is 11.8. The van der Waals surface area contributed by atoms with Crippen LogP contribution >= 0.6 is 0 Å². The first-order valence-electron chi connectivity index (χ1n) is 7.30. The number of nitrogens with two attached hydrogens (primary N) is 1. The highest BCUT2D eigenvalue weighted by Gasteiger charge is 2.25. The highest BCUT2D eigenvalue weighted by Crippen LogP contribution is 2.30. The number of amides is 1. The van der Waals surface area contributed by atoms with Crippen LogP contribution in [0.15, 0.2) is 30.3 Å². The van der Waals surface area contributed by atoms with E-state index in [9.17, 15) is 4.79 Å². The molecule has 0 aliphatic heterocycles. The third-order valence-corrected chi connectivity index (χ3v) is 4.16. The summed E-state index contributed by atoms with van der Waals surface area (Å²) in [5, 5.41) is 3.06. The summed E-state index contributed by atoms with van der Waals surface area (Å²) < 4.78 is 0. The van der Waals surface area contributed by atoms with E-state index in [1.165, 1.54) is 24.8 Å². The average molecular weight is 260 g/mol. The molecule has 3 heteroatoms. The van der Waals surface area contributed by atoms with E-state index < -0.39 is 0 Å². The van der Waals surface area contributed by atoms with E-state index in [0.29, 0.717) is 18.3 Å². The molecule has 0 radical (unpaired) electrons. The monoisotopic (exact) mass is 260 g/mol. The van der Waals surface area contributed by atoms with Crippen molar-refractivity contribution >= 4 is 5.91 Å². The first kappa shape index (κ1) is 14.1. The van der Waals surface area contributed by atoms with Crippen LogP contribution in [0.3, 0.4) is 0 Å². The molecule has 1 aliphatic rings. The molecule has 1 aromatic carbocycles. The molecule has 0 bridgehead atoms. The van der Waals surface area contributed by atoms with Gasteiger partial charge in [-0.2, -0.15) is 0 Å². The van der Waals surface area contributed by atoms with Crippen LogP contribution in [0.4, 0.5) is 0 Å². The summed E-state index contributed by atoms with van der Waals surface area (Å²) in [5.74, 6) is 1.35. The third kappa shape index (κ3) is 4.35. The molecule has 1 amide bonds. The third-order valence-electron chi connectivity index (χ3n) is 4.16. The van der Waals surface area contributed by atoms with E-state index in [4.69, 9.17) is 5.73 Å². The number of rotatable bonds is 6. The normalized spacial score (nSPS) is 22.4.